The summed E-state index contributed by atoms with van der Waals surface area (Å²) in [6.07, 6.45) is 2.84. The molecule has 0 bridgehead atoms. The molecule has 0 spiro atoms. The van der Waals surface area contributed by atoms with Crippen LogP contribution in [0.2, 0.25) is 0 Å². The Morgan fingerprint density at radius 1 is 1.06 bits per heavy atom. The minimum Gasteiger partial charge on any atom is -0.490 e. The van der Waals surface area contributed by atoms with E-state index in [9.17, 15) is 14.4 Å². The average Bonchev–Trinajstić information content (AvgIpc) is 2.74. The molecule has 7 nitrogen and oxygen atoms in total. The Labute approximate surface area is 181 Å². The zero-order valence-corrected chi connectivity index (χ0v) is 17.5. The van der Waals surface area contributed by atoms with Gasteiger partial charge in [-0.25, -0.2) is 4.79 Å². The van der Waals surface area contributed by atoms with Gasteiger partial charge in [0.2, 0.25) is 0 Å². The van der Waals surface area contributed by atoms with Gasteiger partial charge >= 0.3 is 6.03 Å². The van der Waals surface area contributed by atoms with E-state index in [0.717, 1.165) is 16.0 Å². The predicted molar refractivity (Wildman–Crippen MR) is 117 cm³/mol. The van der Waals surface area contributed by atoms with E-state index in [4.69, 9.17) is 9.47 Å². The van der Waals surface area contributed by atoms with Crippen LogP contribution in [0.4, 0.5) is 4.79 Å². The van der Waals surface area contributed by atoms with Crippen molar-refractivity contribution in [3.05, 3.63) is 77.4 Å². The number of hydrogen-bond acceptors (Lipinski definition) is 5. The molecule has 1 aliphatic heterocycles. The van der Waals surface area contributed by atoms with Gasteiger partial charge in [0.25, 0.3) is 11.8 Å². The monoisotopic (exact) mass is 420 g/mol. The van der Waals surface area contributed by atoms with Crippen LogP contribution in [0.25, 0.3) is 6.08 Å². The number of nitrogens with one attached hydrogen (secondary N) is 1. The Bertz CT molecular complexity index is 1060. The summed E-state index contributed by atoms with van der Waals surface area (Å²) in [5, 5.41) is 2.16. The van der Waals surface area contributed by atoms with Gasteiger partial charge in [-0.3, -0.25) is 19.8 Å². The number of rotatable bonds is 8. The summed E-state index contributed by atoms with van der Waals surface area (Å²) in [7, 11) is 0. The first-order valence-electron chi connectivity index (χ1n) is 9.88. The standard InChI is InChI=1S/C24H24N2O5/c1-4-11-26-23(28)19(22(27)25-24(26)29)13-17-9-10-20(21(14-17)30-5-2)31-15-18-8-6-7-16(3)12-18/h4,6-10,12-14H,1,5,11,15H2,2-3H3,(H,25,27,29). The van der Waals surface area contributed by atoms with Gasteiger partial charge in [0, 0.05) is 6.54 Å². The second kappa shape index (κ2) is 9.75. The van der Waals surface area contributed by atoms with Crippen LogP contribution >= 0.6 is 0 Å². The highest BCUT2D eigenvalue weighted by Crippen LogP contribution is 2.30. The molecule has 2 aromatic carbocycles. The highest BCUT2D eigenvalue weighted by atomic mass is 16.5. The lowest BCUT2D eigenvalue weighted by atomic mass is 10.1. The number of hydrogen-bond donors (Lipinski definition) is 1. The van der Waals surface area contributed by atoms with Crippen LogP contribution in [0.1, 0.15) is 23.6 Å². The fraction of sp³-hybridized carbons (Fsp3) is 0.208. The van der Waals surface area contributed by atoms with Crippen LogP contribution < -0.4 is 14.8 Å². The Balaban J connectivity index is 1.85. The van der Waals surface area contributed by atoms with Gasteiger partial charge in [0.15, 0.2) is 11.5 Å². The smallest absolute Gasteiger partial charge is 0.331 e. The number of aryl methyl sites for hydroxylation is 1. The van der Waals surface area contributed by atoms with Crippen molar-refractivity contribution in [2.24, 2.45) is 0 Å². The van der Waals surface area contributed by atoms with E-state index in [1.54, 1.807) is 18.2 Å². The molecule has 1 fully saturated rings. The summed E-state index contributed by atoms with van der Waals surface area (Å²) in [6.45, 7) is 8.20. The normalized spacial score (nSPS) is 15.1. The minimum absolute atomic E-state index is 0.00518. The van der Waals surface area contributed by atoms with E-state index < -0.39 is 17.8 Å². The Morgan fingerprint density at radius 2 is 1.87 bits per heavy atom. The zero-order chi connectivity index (χ0) is 22.4. The fourth-order valence-corrected chi connectivity index (χ4v) is 3.12. The van der Waals surface area contributed by atoms with E-state index in [-0.39, 0.29) is 12.1 Å². The van der Waals surface area contributed by atoms with Crippen molar-refractivity contribution in [1.29, 1.82) is 0 Å². The molecule has 2 aromatic rings. The molecular weight excluding hydrogens is 396 g/mol. The Hall–Kier alpha value is -3.87. The molecule has 0 aliphatic carbocycles. The topological polar surface area (TPSA) is 84.9 Å². The molecule has 160 valence electrons. The molecule has 4 amide bonds. The maximum absolute atomic E-state index is 12.6. The quantitative estimate of drug-likeness (QED) is 0.401. The first kappa shape index (κ1) is 21.8. The van der Waals surface area contributed by atoms with Gasteiger partial charge in [-0.1, -0.05) is 42.0 Å². The number of amides is 4. The number of carbonyl (C=O) groups excluding carboxylic acids is 3. The molecular formula is C24H24N2O5. The van der Waals surface area contributed by atoms with E-state index in [1.165, 1.54) is 12.2 Å². The molecule has 1 saturated heterocycles. The van der Waals surface area contributed by atoms with Crippen LogP contribution in [0.15, 0.2) is 60.7 Å². The van der Waals surface area contributed by atoms with Crippen LogP contribution in [0.3, 0.4) is 0 Å². The van der Waals surface area contributed by atoms with Gasteiger partial charge in [-0.2, -0.15) is 0 Å². The first-order valence-corrected chi connectivity index (χ1v) is 9.88. The highest BCUT2D eigenvalue weighted by Gasteiger charge is 2.34. The second-order valence-electron chi connectivity index (χ2n) is 6.94. The van der Waals surface area contributed by atoms with Crippen molar-refractivity contribution in [3.8, 4) is 11.5 Å². The maximum atomic E-state index is 12.6. The molecule has 1 N–H and O–H groups in total. The minimum atomic E-state index is -0.762. The van der Waals surface area contributed by atoms with Crippen LogP contribution in [0, 0.1) is 6.92 Å². The largest absolute Gasteiger partial charge is 0.490 e. The molecule has 3 rings (SSSR count). The molecule has 0 unspecified atom stereocenters. The van der Waals surface area contributed by atoms with Gasteiger partial charge in [0.05, 0.1) is 6.61 Å². The number of benzene rings is 2. The van der Waals surface area contributed by atoms with E-state index in [0.29, 0.717) is 30.3 Å². The van der Waals surface area contributed by atoms with Crippen molar-refractivity contribution >= 4 is 23.9 Å². The van der Waals surface area contributed by atoms with E-state index in [2.05, 4.69) is 11.9 Å². The summed E-state index contributed by atoms with van der Waals surface area (Å²) in [4.78, 5) is 37.6. The summed E-state index contributed by atoms with van der Waals surface area (Å²) in [6, 6.07) is 12.4. The Morgan fingerprint density at radius 3 is 2.58 bits per heavy atom. The fourth-order valence-electron chi connectivity index (χ4n) is 3.12. The summed E-state index contributed by atoms with van der Waals surface area (Å²) < 4.78 is 11.6. The first-order chi connectivity index (χ1) is 14.9. The van der Waals surface area contributed by atoms with Crippen molar-refractivity contribution in [3.63, 3.8) is 0 Å². The number of carbonyl (C=O) groups is 3. The van der Waals surface area contributed by atoms with Crippen molar-refractivity contribution in [2.45, 2.75) is 20.5 Å². The second-order valence-corrected chi connectivity index (χ2v) is 6.94. The number of barbiturate groups is 1. The molecule has 0 aromatic heterocycles. The highest BCUT2D eigenvalue weighted by molar-refractivity contribution is 6.31. The van der Waals surface area contributed by atoms with Gasteiger partial charge in [-0.15, -0.1) is 6.58 Å². The average molecular weight is 420 g/mol. The molecule has 0 saturated carbocycles. The van der Waals surface area contributed by atoms with Crippen molar-refractivity contribution < 1.29 is 23.9 Å². The lowest BCUT2D eigenvalue weighted by Crippen LogP contribution is -2.54. The molecule has 31 heavy (non-hydrogen) atoms. The third kappa shape index (κ3) is 5.19. The predicted octanol–water partition coefficient (Wildman–Crippen LogP) is 3.62. The zero-order valence-electron chi connectivity index (χ0n) is 17.5. The lowest BCUT2D eigenvalue weighted by Gasteiger charge is -2.25. The summed E-state index contributed by atoms with van der Waals surface area (Å²) >= 11 is 0. The third-order valence-electron chi connectivity index (χ3n) is 4.55. The van der Waals surface area contributed by atoms with Gasteiger partial charge < -0.3 is 9.47 Å². The molecule has 7 heteroatoms. The number of urea groups is 1. The number of nitrogens with zero attached hydrogens (tertiary/aromatic N) is 1. The summed E-state index contributed by atoms with van der Waals surface area (Å²) in [5.74, 6) is -0.375. The number of ether oxygens (including phenoxy) is 2. The number of imide groups is 2. The molecule has 1 aliphatic rings. The van der Waals surface area contributed by atoms with Crippen molar-refractivity contribution in [1.82, 2.24) is 10.2 Å². The third-order valence-corrected chi connectivity index (χ3v) is 4.55. The lowest BCUT2D eigenvalue weighted by molar-refractivity contribution is -0.129. The van der Waals surface area contributed by atoms with E-state index in [1.807, 2.05) is 38.1 Å². The molecule has 1 heterocycles. The van der Waals surface area contributed by atoms with Crippen LogP contribution in [0.5, 0.6) is 11.5 Å². The Kier molecular flexibility index (Phi) is 6.87. The van der Waals surface area contributed by atoms with Gasteiger partial charge in [0.1, 0.15) is 12.2 Å². The maximum Gasteiger partial charge on any atom is 0.331 e. The summed E-state index contributed by atoms with van der Waals surface area (Å²) in [5.41, 5.74) is 2.60. The van der Waals surface area contributed by atoms with Crippen LogP contribution in [-0.2, 0) is 16.2 Å². The molecule has 0 radical (unpaired) electrons. The van der Waals surface area contributed by atoms with Crippen molar-refractivity contribution in [2.75, 3.05) is 13.2 Å². The van der Waals surface area contributed by atoms with Gasteiger partial charge in [-0.05, 0) is 43.2 Å². The SMILES string of the molecule is C=CCN1C(=O)NC(=O)C(=Cc2ccc(OCc3cccc(C)c3)c(OCC)c2)C1=O. The van der Waals surface area contributed by atoms with E-state index >= 15 is 0 Å². The van der Waals surface area contributed by atoms with Crippen LogP contribution in [-0.4, -0.2) is 35.9 Å². The molecule has 0 atom stereocenters.